The van der Waals surface area contributed by atoms with Crippen molar-refractivity contribution in [2.45, 2.75) is 66.4 Å². The first-order chi connectivity index (χ1) is 8.23. The number of hydrogen-bond acceptors (Lipinski definition) is 3. The molecule has 0 aliphatic rings. The van der Waals surface area contributed by atoms with Crippen molar-refractivity contribution in [3.8, 4) is 0 Å². The van der Waals surface area contributed by atoms with E-state index in [1.165, 1.54) is 18.1 Å². The molecule has 3 nitrogen and oxygen atoms in total. The Bertz CT molecular complexity index is 321. The Morgan fingerprint density at radius 3 is 2.22 bits per heavy atom. The van der Waals surface area contributed by atoms with Crippen LogP contribution in [0.5, 0.6) is 0 Å². The third kappa shape index (κ3) is 10.1. The highest BCUT2D eigenvalue weighted by atomic mass is 17.2. The molecule has 0 bridgehead atoms. The summed E-state index contributed by atoms with van der Waals surface area (Å²) in [6.45, 7) is 11.5. The molecule has 0 aliphatic carbocycles. The minimum absolute atomic E-state index is 0.424. The van der Waals surface area contributed by atoms with Crippen LogP contribution in [-0.4, -0.2) is 11.6 Å². The number of carbonyl (C=O) groups is 1. The SMILES string of the molecule is CC(=O)OOC(C)(C)C/C=C(\C)CCC=C(C)C. The van der Waals surface area contributed by atoms with Crippen LogP contribution in [0, 0.1) is 0 Å². The van der Waals surface area contributed by atoms with E-state index in [-0.39, 0.29) is 0 Å². The predicted molar refractivity (Wildman–Crippen MR) is 74.0 cm³/mol. The lowest BCUT2D eigenvalue weighted by Crippen LogP contribution is -2.25. The van der Waals surface area contributed by atoms with Crippen LogP contribution in [-0.2, 0) is 14.6 Å². The number of rotatable bonds is 7. The van der Waals surface area contributed by atoms with Crippen molar-refractivity contribution in [2.75, 3.05) is 0 Å². The minimum atomic E-state index is -0.483. The summed E-state index contributed by atoms with van der Waals surface area (Å²) in [5, 5.41) is 0. The van der Waals surface area contributed by atoms with Gasteiger partial charge in [0.2, 0.25) is 0 Å². The average molecular weight is 254 g/mol. The van der Waals surface area contributed by atoms with Crippen molar-refractivity contribution < 1.29 is 14.6 Å². The zero-order chi connectivity index (χ0) is 14.2. The van der Waals surface area contributed by atoms with E-state index >= 15 is 0 Å². The van der Waals surface area contributed by atoms with Crippen LogP contribution in [0.2, 0.25) is 0 Å². The van der Waals surface area contributed by atoms with Crippen molar-refractivity contribution in [1.82, 2.24) is 0 Å². The van der Waals surface area contributed by atoms with Gasteiger partial charge in [-0.3, -0.25) is 4.89 Å². The standard InChI is InChI=1S/C15H26O3/c1-12(2)8-7-9-13(3)10-11-15(5,6)18-17-14(4)16/h8,10H,7,9,11H2,1-6H3/b13-10+. The van der Waals surface area contributed by atoms with E-state index in [4.69, 9.17) is 4.89 Å². The summed E-state index contributed by atoms with van der Waals surface area (Å²) in [5.41, 5.74) is 2.19. The molecule has 0 unspecified atom stereocenters. The summed E-state index contributed by atoms with van der Waals surface area (Å²) in [4.78, 5) is 20.3. The van der Waals surface area contributed by atoms with Crippen LogP contribution in [0.1, 0.15) is 60.8 Å². The van der Waals surface area contributed by atoms with E-state index in [0.29, 0.717) is 0 Å². The minimum Gasteiger partial charge on any atom is -0.298 e. The first kappa shape index (κ1) is 16.9. The summed E-state index contributed by atoms with van der Waals surface area (Å²) in [6.07, 6.45) is 7.21. The molecule has 104 valence electrons. The third-order valence-electron chi connectivity index (χ3n) is 2.42. The Morgan fingerprint density at radius 2 is 1.72 bits per heavy atom. The Balaban J connectivity index is 4.09. The van der Waals surface area contributed by atoms with E-state index in [1.54, 1.807) is 0 Å². The first-order valence-electron chi connectivity index (χ1n) is 6.38. The Kier molecular flexibility index (Phi) is 7.60. The molecule has 0 spiro atoms. The molecule has 0 aromatic rings. The smallest absolute Gasteiger partial charge is 0.298 e. The monoisotopic (exact) mass is 254 g/mol. The summed E-state index contributed by atoms with van der Waals surface area (Å²) in [6, 6.07) is 0. The molecule has 0 fully saturated rings. The van der Waals surface area contributed by atoms with Gasteiger partial charge in [-0.15, -0.1) is 0 Å². The zero-order valence-corrected chi connectivity index (χ0v) is 12.5. The summed E-state index contributed by atoms with van der Waals surface area (Å²) < 4.78 is 0. The second-order valence-electron chi connectivity index (χ2n) is 5.49. The Labute approximate surface area is 111 Å². The number of carbonyl (C=O) groups excluding carboxylic acids is 1. The van der Waals surface area contributed by atoms with Gasteiger partial charge in [0.15, 0.2) is 0 Å². The average Bonchev–Trinajstić information content (AvgIpc) is 2.24. The molecular formula is C15H26O3. The van der Waals surface area contributed by atoms with Crippen molar-refractivity contribution >= 4 is 5.97 Å². The number of allylic oxidation sites excluding steroid dienone is 3. The molecule has 0 heterocycles. The zero-order valence-electron chi connectivity index (χ0n) is 12.5. The molecule has 0 atom stereocenters. The highest BCUT2D eigenvalue weighted by molar-refractivity contribution is 5.65. The van der Waals surface area contributed by atoms with Gasteiger partial charge in [-0.05, 0) is 53.9 Å². The molecule has 0 amide bonds. The summed E-state index contributed by atoms with van der Waals surface area (Å²) in [5.74, 6) is -0.424. The fourth-order valence-corrected chi connectivity index (χ4v) is 1.32. The highest BCUT2D eigenvalue weighted by Gasteiger charge is 2.19. The summed E-state index contributed by atoms with van der Waals surface area (Å²) in [7, 11) is 0. The Hall–Kier alpha value is -1.09. The molecule has 0 saturated heterocycles. The van der Waals surface area contributed by atoms with Gasteiger partial charge in [0.25, 0.3) is 0 Å². The lowest BCUT2D eigenvalue weighted by atomic mass is 10.0. The van der Waals surface area contributed by atoms with Gasteiger partial charge in [-0.25, -0.2) is 4.79 Å². The van der Waals surface area contributed by atoms with E-state index in [0.717, 1.165) is 19.3 Å². The number of hydrogen-bond donors (Lipinski definition) is 0. The lowest BCUT2D eigenvalue weighted by molar-refractivity contribution is -0.322. The van der Waals surface area contributed by atoms with E-state index in [9.17, 15) is 4.79 Å². The third-order valence-corrected chi connectivity index (χ3v) is 2.42. The van der Waals surface area contributed by atoms with Gasteiger partial charge in [0, 0.05) is 6.92 Å². The molecule has 0 aromatic heterocycles. The van der Waals surface area contributed by atoms with Crippen LogP contribution in [0.25, 0.3) is 0 Å². The van der Waals surface area contributed by atoms with Crippen molar-refractivity contribution in [3.05, 3.63) is 23.3 Å². The van der Waals surface area contributed by atoms with Gasteiger partial charge < -0.3 is 0 Å². The largest absolute Gasteiger partial charge is 0.339 e. The molecule has 0 aromatic carbocycles. The molecule has 0 N–H and O–H groups in total. The lowest BCUT2D eigenvalue weighted by Gasteiger charge is -2.21. The van der Waals surface area contributed by atoms with Crippen molar-refractivity contribution in [3.63, 3.8) is 0 Å². The fourth-order valence-electron chi connectivity index (χ4n) is 1.32. The second-order valence-corrected chi connectivity index (χ2v) is 5.49. The van der Waals surface area contributed by atoms with Crippen LogP contribution >= 0.6 is 0 Å². The van der Waals surface area contributed by atoms with Crippen molar-refractivity contribution in [1.29, 1.82) is 0 Å². The van der Waals surface area contributed by atoms with Gasteiger partial charge in [0.1, 0.15) is 5.60 Å². The second kappa shape index (κ2) is 8.09. The highest BCUT2D eigenvalue weighted by Crippen LogP contribution is 2.18. The fraction of sp³-hybridized carbons (Fsp3) is 0.667. The first-order valence-corrected chi connectivity index (χ1v) is 6.38. The molecule has 0 radical (unpaired) electrons. The van der Waals surface area contributed by atoms with Crippen LogP contribution in [0.15, 0.2) is 23.3 Å². The van der Waals surface area contributed by atoms with Gasteiger partial charge in [-0.1, -0.05) is 23.3 Å². The molecule has 18 heavy (non-hydrogen) atoms. The normalized spacial score (nSPS) is 12.2. The van der Waals surface area contributed by atoms with E-state index in [2.05, 4.69) is 37.8 Å². The van der Waals surface area contributed by atoms with Crippen molar-refractivity contribution in [2.24, 2.45) is 0 Å². The van der Waals surface area contributed by atoms with Gasteiger partial charge >= 0.3 is 5.97 Å². The van der Waals surface area contributed by atoms with Crippen LogP contribution in [0.3, 0.4) is 0 Å². The molecule has 0 rings (SSSR count). The maximum absolute atomic E-state index is 10.7. The molecular weight excluding hydrogens is 228 g/mol. The van der Waals surface area contributed by atoms with E-state index < -0.39 is 11.6 Å². The van der Waals surface area contributed by atoms with Crippen LogP contribution in [0.4, 0.5) is 0 Å². The van der Waals surface area contributed by atoms with Crippen LogP contribution < -0.4 is 0 Å². The quantitative estimate of drug-likeness (QED) is 0.385. The molecule has 3 heteroatoms. The van der Waals surface area contributed by atoms with E-state index in [1.807, 2.05) is 13.8 Å². The predicted octanol–water partition coefficient (Wildman–Crippen LogP) is 4.34. The van der Waals surface area contributed by atoms with Gasteiger partial charge in [0.05, 0.1) is 0 Å². The maximum Gasteiger partial charge on any atom is 0.339 e. The Morgan fingerprint density at radius 1 is 1.11 bits per heavy atom. The molecule has 0 saturated carbocycles. The van der Waals surface area contributed by atoms with Gasteiger partial charge in [-0.2, -0.15) is 4.89 Å². The summed E-state index contributed by atoms with van der Waals surface area (Å²) >= 11 is 0. The maximum atomic E-state index is 10.7. The topological polar surface area (TPSA) is 35.5 Å². The molecule has 0 aliphatic heterocycles.